The van der Waals surface area contributed by atoms with Crippen molar-refractivity contribution in [2.75, 3.05) is 18.6 Å². The molecule has 1 aromatic heterocycles. The molecule has 2 aromatic rings. The lowest BCUT2D eigenvalue weighted by Crippen LogP contribution is -2.13. The van der Waals surface area contributed by atoms with Gasteiger partial charge in [-0.25, -0.2) is 0 Å². The third kappa shape index (κ3) is 4.66. The fourth-order valence-electron chi connectivity index (χ4n) is 2.23. The smallest absolute Gasteiger partial charge is 0.0636 e. The van der Waals surface area contributed by atoms with Crippen LogP contribution in [-0.2, 0) is 6.54 Å². The van der Waals surface area contributed by atoms with E-state index in [9.17, 15) is 0 Å². The van der Waals surface area contributed by atoms with Crippen LogP contribution in [0.4, 0.5) is 0 Å². The maximum atomic E-state index is 6.42. The van der Waals surface area contributed by atoms with Crippen molar-refractivity contribution >= 4 is 44.8 Å². The van der Waals surface area contributed by atoms with Gasteiger partial charge in [0, 0.05) is 21.5 Å². The van der Waals surface area contributed by atoms with Gasteiger partial charge < -0.3 is 5.32 Å². The van der Waals surface area contributed by atoms with Crippen molar-refractivity contribution in [2.24, 2.45) is 0 Å². The Labute approximate surface area is 135 Å². The minimum absolute atomic E-state index is 0.892. The fourth-order valence-corrected chi connectivity index (χ4v) is 4.19. The van der Waals surface area contributed by atoms with Crippen molar-refractivity contribution in [1.29, 1.82) is 0 Å². The van der Waals surface area contributed by atoms with Gasteiger partial charge in [-0.2, -0.15) is 11.8 Å². The van der Waals surface area contributed by atoms with Crippen molar-refractivity contribution in [3.63, 3.8) is 0 Å². The zero-order valence-corrected chi connectivity index (χ0v) is 14.3. The third-order valence-electron chi connectivity index (χ3n) is 3.34. The van der Waals surface area contributed by atoms with Gasteiger partial charge in [0.1, 0.15) is 0 Å². The molecule has 110 valence electrons. The van der Waals surface area contributed by atoms with Crippen LogP contribution in [0.5, 0.6) is 0 Å². The summed E-state index contributed by atoms with van der Waals surface area (Å²) < 4.78 is 1.28. The summed E-state index contributed by atoms with van der Waals surface area (Å²) in [5, 5.41) is 5.63. The normalized spacial score (nSPS) is 11.3. The lowest BCUT2D eigenvalue weighted by Gasteiger charge is -2.03. The molecular formula is C16H22ClNS2. The number of halogens is 1. The van der Waals surface area contributed by atoms with Crippen molar-refractivity contribution < 1.29 is 0 Å². The van der Waals surface area contributed by atoms with Crippen LogP contribution in [0.25, 0.3) is 10.1 Å². The van der Waals surface area contributed by atoms with Crippen molar-refractivity contribution in [3.05, 3.63) is 34.2 Å². The number of hydrogen-bond donors (Lipinski definition) is 1. The van der Waals surface area contributed by atoms with Crippen molar-refractivity contribution in [2.45, 2.75) is 32.2 Å². The van der Waals surface area contributed by atoms with Crippen LogP contribution in [0.1, 0.15) is 30.6 Å². The average Bonchev–Trinajstić information content (AvgIpc) is 2.79. The Morgan fingerprint density at radius 1 is 1.15 bits per heavy atom. The molecule has 20 heavy (non-hydrogen) atoms. The maximum absolute atomic E-state index is 6.42. The predicted molar refractivity (Wildman–Crippen MR) is 95.4 cm³/mol. The van der Waals surface area contributed by atoms with E-state index in [2.05, 4.69) is 29.8 Å². The van der Waals surface area contributed by atoms with E-state index in [1.165, 1.54) is 46.4 Å². The lowest BCUT2D eigenvalue weighted by molar-refractivity contribution is 0.602. The summed E-state index contributed by atoms with van der Waals surface area (Å²) >= 11 is 10.2. The van der Waals surface area contributed by atoms with Crippen LogP contribution in [0.3, 0.4) is 0 Å². The summed E-state index contributed by atoms with van der Waals surface area (Å²) in [5.41, 5.74) is 0. The standard InChI is InChI=1S/C16H22ClNS2/c1-19-11-7-3-2-6-10-18-12-15-16(17)13-8-4-5-9-14(13)20-15/h4-5,8-9,18H,2-3,6-7,10-12H2,1H3. The number of unbranched alkanes of at least 4 members (excludes halogenated alkanes) is 3. The molecule has 0 fully saturated rings. The number of rotatable bonds is 9. The summed E-state index contributed by atoms with van der Waals surface area (Å²) in [6, 6.07) is 8.36. The molecule has 0 aliphatic heterocycles. The van der Waals surface area contributed by atoms with Gasteiger partial charge in [-0.15, -0.1) is 11.3 Å². The van der Waals surface area contributed by atoms with Crippen LogP contribution < -0.4 is 5.32 Å². The predicted octanol–water partition coefficient (Wildman–Crippen LogP) is 5.57. The van der Waals surface area contributed by atoms with E-state index in [-0.39, 0.29) is 0 Å². The molecule has 0 amide bonds. The van der Waals surface area contributed by atoms with Crippen molar-refractivity contribution in [1.82, 2.24) is 5.32 Å². The Morgan fingerprint density at radius 2 is 1.95 bits per heavy atom. The highest BCUT2D eigenvalue weighted by Gasteiger charge is 2.08. The van der Waals surface area contributed by atoms with E-state index in [1.807, 2.05) is 17.8 Å². The van der Waals surface area contributed by atoms with Gasteiger partial charge >= 0.3 is 0 Å². The Kier molecular flexibility index (Phi) is 7.22. The van der Waals surface area contributed by atoms with Gasteiger partial charge in [0.15, 0.2) is 0 Å². The molecule has 1 nitrogen and oxygen atoms in total. The van der Waals surface area contributed by atoms with E-state index in [0.717, 1.165) is 18.1 Å². The van der Waals surface area contributed by atoms with E-state index < -0.39 is 0 Å². The summed E-state index contributed by atoms with van der Waals surface area (Å²) in [6.07, 6.45) is 7.47. The SMILES string of the molecule is CSCCCCCCNCc1sc2ccccc2c1Cl. The molecule has 0 aliphatic carbocycles. The second-order valence-corrected chi connectivity index (χ2v) is 7.42. The first-order valence-corrected chi connectivity index (χ1v) is 9.77. The number of thiophene rings is 1. The molecule has 0 radical (unpaired) electrons. The maximum Gasteiger partial charge on any atom is 0.0636 e. The first-order chi connectivity index (χ1) is 9.83. The monoisotopic (exact) mass is 327 g/mol. The van der Waals surface area contributed by atoms with Gasteiger partial charge in [0.2, 0.25) is 0 Å². The minimum atomic E-state index is 0.892. The zero-order valence-electron chi connectivity index (χ0n) is 12.0. The largest absolute Gasteiger partial charge is 0.312 e. The Hall–Kier alpha value is -0.220. The number of fused-ring (bicyclic) bond motifs is 1. The van der Waals surface area contributed by atoms with Crippen LogP contribution in [0.15, 0.2) is 24.3 Å². The van der Waals surface area contributed by atoms with Gasteiger partial charge in [0.25, 0.3) is 0 Å². The number of hydrogen-bond acceptors (Lipinski definition) is 3. The highest BCUT2D eigenvalue weighted by Crippen LogP contribution is 2.34. The highest BCUT2D eigenvalue weighted by atomic mass is 35.5. The second kappa shape index (κ2) is 8.93. The summed E-state index contributed by atoms with van der Waals surface area (Å²) in [5.74, 6) is 1.30. The van der Waals surface area contributed by atoms with Gasteiger partial charge in [-0.05, 0) is 37.5 Å². The Morgan fingerprint density at radius 3 is 2.75 bits per heavy atom. The molecule has 0 unspecified atom stereocenters. The molecule has 0 saturated carbocycles. The molecule has 0 bridgehead atoms. The van der Waals surface area contributed by atoms with E-state index in [4.69, 9.17) is 11.6 Å². The third-order valence-corrected chi connectivity index (χ3v) is 5.75. The van der Waals surface area contributed by atoms with E-state index in [0.29, 0.717) is 0 Å². The Bertz CT molecular complexity index is 524. The zero-order chi connectivity index (χ0) is 14.2. The van der Waals surface area contributed by atoms with Gasteiger partial charge in [-0.1, -0.05) is 42.6 Å². The summed E-state index contributed by atoms with van der Waals surface area (Å²) in [6.45, 7) is 1.98. The molecular weight excluding hydrogens is 306 g/mol. The minimum Gasteiger partial charge on any atom is -0.312 e. The lowest BCUT2D eigenvalue weighted by atomic mass is 10.2. The highest BCUT2D eigenvalue weighted by molar-refractivity contribution is 7.98. The van der Waals surface area contributed by atoms with E-state index in [1.54, 1.807) is 11.3 Å². The van der Waals surface area contributed by atoms with Crippen LogP contribution in [-0.4, -0.2) is 18.6 Å². The molecule has 2 rings (SSSR count). The molecule has 0 aliphatic rings. The molecule has 1 aromatic carbocycles. The van der Waals surface area contributed by atoms with E-state index >= 15 is 0 Å². The summed E-state index contributed by atoms with van der Waals surface area (Å²) in [4.78, 5) is 1.26. The fraction of sp³-hybridized carbons (Fsp3) is 0.500. The van der Waals surface area contributed by atoms with Gasteiger partial charge in [0.05, 0.1) is 5.02 Å². The molecule has 1 heterocycles. The second-order valence-electron chi connectivity index (χ2n) is 4.92. The molecule has 1 N–H and O–H groups in total. The summed E-state index contributed by atoms with van der Waals surface area (Å²) in [7, 11) is 0. The van der Waals surface area contributed by atoms with Gasteiger partial charge in [-0.3, -0.25) is 0 Å². The molecule has 4 heteroatoms. The first kappa shape index (κ1) is 16.2. The van der Waals surface area contributed by atoms with Crippen LogP contribution >= 0.6 is 34.7 Å². The molecule has 0 atom stereocenters. The number of benzene rings is 1. The average molecular weight is 328 g/mol. The number of nitrogens with one attached hydrogen (secondary N) is 1. The van der Waals surface area contributed by atoms with Crippen LogP contribution in [0.2, 0.25) is 5.02 Å². The number of thioether (sulfide) groups is 1. The Balaban J connectivity index is 1.69. The van der Waals surface area contributed by atoms with Crippen LogP contribution in [0, 0.1) is 0 Å². The topological polar surface area (TPSA) is 12.0 Å². The molecule has 0 saturated heterocycles. The first-order valence-electron chi connectivity index (χ1n) is 7.18. The van der Waals surface area contributed by atoms with Crippen molar-refractivity contribution in [3.8, 4) is 0 Å². The molecule has 0 spiro atoms. The quantitative estimate of drug-likeness (QED) is 0.604.